The van der Waals surface area contributed by atoms with Crippen LogP contribution < -0.4 is 11.1 Å². The van der Waals surface area contributed by atoms with Gasteiger partial charge in [0.25, 0.3) is 0 Å². The maximum absolute atomic E-state index is 11.2. The molecule has 0 spiro atoms. The highest BCUT2D eigenvalue weighted by molar-refractivity contribution is 5.83. The highest BCUT2D eigenvalue weighted by Gasteiger charge is 2.28. The maximum Gasteiger partial charge on any atom is 0.321 e. The minimum Gasteiger partial charge on any atom is -0.480 e. The van der Waals surface area contributed by atoms with E-state index >= 15 is 0 Å². The highest BCUT2D eigenvalue weighted by Crippen LogP contribution is 2.12. The lowest BCUT2D eigenvalue weighted by molar-refractivity contribution is -0.142. The summed E-state index contributed by atoms with van der Waals surface area (Å²) >= 11 is 0. The van der Waals surface area contributed by atoms with Crippen molar-refractivity contribution in [2.75, 3.05) is 32.9 Å². The van der Waals surface area contributed by atoms with Crippen molar-refractivity contribution in [1.29, 1.82) is 0 Å². The van der Waals surface area contributed by atoms with Gasteiger partial charge in [-0.05, 0) is 34.6 Å². The Labute approximate surface area is 144 Å². The molecule has 0 fully saturated rings. The molecule has 0 saturated heterocycles. The minimum absolute atomic E-state index is 0.0737. The van der Waals surface area contributed by atoms with Crippen molar-refractivity contribution in [3.05, 3.63) is 0 Å². The van der Waals surface area contributed by atoms with Crippen LogP contribution in [0.2, 0.25) is 0 Å². The second kappa shape index (κ2) is 9.93. The molecule has 0 aromatic heterocycles. The first kappa shape index (κ1) is 22.8. The summed E-state index contributed by atoms with van der Waals surface area (Å²) < 4.78 is 5.66. The molecule has 0 aliphatic rings. The molecule has 1 atom stereocenters. The molecule has 0 aliphatic carbocycles. The Hall–Kier alpha value is -1.22. The van der Waals surface area contributed by atoms with Crippen molar-refractivity contribution < 1.29 is 24.5 Å². The van der Waals surface area contributed by atoms with Gasteiger partial charge in [-0.3, -0.25) is 19.8 Å². The number of carboxylic acid groups (broad SMARTS) is 1. The fourth-order valence-electron chi connectivity index (χ4n) is 2.32. The number of nitrogens with zero attached hydrogens (tertiary/aromatic N) is 1. The van der Waals surface area contributed by atoms with Crippen molar-refractivity contribution in [1.82, 2.24) is 10.2 Å². The molecule has 8 heteroatoms. The minimum atomic E-state index is -1.12. The Morgan fingerprint density at radius 2 is 1.79 bits per heavy atom. The molecule has 0 radical (unpaired) electrons. The van der Waals surface area contributed by atoms with Crippen molar-refractivity contribution in [3.63, 3.8) is 0 Å². The Morgan fingerprint density at radius 1 is 1.21 bits per heavy atom. The fourth-order valence-corrected chi connectivity index (χ4v) is 2.32. The van der Waals surface area contributed by atoms with Crippen LogP contribution >= 0.6 is 0 Å². The summed E-state index contributed by atoms with van der Waals surface area (Å²) in [7, 11) is 0. The van der Waals surface area contributed by atoms with E-state index in [1.54, 1.807) is 13.8 Å². The third-order valence-corrected chi connectivity index (χ3v) is 3.56. The van der Waals surface area contributed by atoms with E-state index in [0.29, 0.717) is 19.7 Å². The number of ether oxygens (including phenoxy) is 1. The number of nitrogens with one attached hydrogen (secondary N) is 1. The monoisotopic (exact) mass is 347 g/mol. The lowest BCUT2D eigenvalue weighted by Gasteiger charge is -2.35. The number of primary amides is 1. The van der Waals surface area contributed by atoms with Gasteiger partial charge in [-0.1, -0.05) is 0 Å². The number of hydrogen-bond acceptors (Lipinski definition) is 6. The number of aliphatic carboxylic acids is 1. The van der Waals surface area contributed by atoms with E-state index in [9.17, 15) is 9.59 Å². The number of amides is 1. The fraction of sp³-hybridized carbons (Fsp3) is 0.875. The molecular formula is C16H33N3O5. The molecule has 142 valence electrons. The lowest BCUT2D eigenvalue weighted by Crippen LogP contribution is -2.53. The van der Waals surface area contributed by atoms with Gasteiger partial charge in [0.1, 0.15) is 6.04 Å². The SMILES string of the molecule is CC(C)(COCCN(CCO)C(C)(C)C)NC(CC(N)=O)C(=O)O. The average Bonchev–Trinajstić information content (AvgIpc) is 2.39. The number of β-amino-alcohol motifs (C(OH)–C–C–N with tert-alkyl or cyclic N) is 1. The van der Waals surface area contributed by atoms with Crippen molar-refractivity contribution in [2.24, 2.45) is 5.73 Å². The van der Waals surface area contributed by atoms with Gasteiger partial charge in [0.15, 0.2) is 0 Å². The molecule has 1 unspecified atom stereocenters. The number of rotatable bonds is 12. The predicted octanol–water partition coefficient (Wildman–Crippen LogP) is -0.207. The van der Waals surface area contributed by atoms with Gasteiger partial charge in [0.2, 0.25) is 5.91 Å². The second-order valence-electron chi connectivity index (χ2n) is 7.52. The molecule has 0 aromatic carbocycles. The third-order valence-electron chi connectivity index (χ3n) is 3.56. The number of aliphatic hydroxyl groups is 1. The van der Waals surface area contributed by atoms with Gasteiger partial charge in [-0.15, -0.1) is 0 Å². The predicted molar refractivity (Wildman–Crippen MR) is 91.7 cm³/mol. The number of nitrogens with two attached hydrogens (primary N) is 1. The maximum atomic E-state index is 11.2. The summed E-state index contributed by atoms with van der Waals surface area (Å²) in [6, 6.07) is -1.04. The Bertz CT molecular complexity index is 407. The summed E-state index contributed by atoms with van der Waals surface area (Å²) in [5, 5.41) is 21.1. The number of carboxylic acids is 1. The molecule has 1 amide bonds. The molecule has 0 saturated carbocycles. The quantitative estimate of drug-likeness (QED) is 0.360. The zero-order valence-corrected chi connectivity index (χ0v) is 15.5. The topological polar surface area (TPSA) is 125 Å². The Balaban J connectivity index is 4.41. The zero-order valence-electron chi connectivity index (χ0n) is 15.5. The highest BCUT2D eigenvalue weighted by atomic mass is 16.5. The first-order chi connectivity index (χ1) is 10.9. The van der Waals surface area contributed by atoms with Crippen LogP contribution in [-0.4, -0.2) is 77.0 Å². The van der Waals surface area contributed by atoms with Gasteiger partial charge < -0.3 is 20.7 Å². The number of aliphatic hydroxyl groups excluding tert-OH is 1. The number of carbonyl (C=O) groups is 2. The second-order valence-corrected chi connectivity index (χ2v) is 7.52. The van der Waals surface area contributed by atoms with Crippen LogP contribution in [-0.2, 0) is 14.3 Å². The Morgan fingerprint density at radius 3 is 2.21 bits per heavy atom. The summed E-state index contributed by atoms with van der Waals surface area (Å²) in [5.41, 5.74) is 4.38. The van der Waals surface area contributed by atoms with E-state index in [1.165, 1.54) is 0 Å². The summed E-state index contributed by atoms with van der Waals surface area (Å²) in [5.74, 6) is -1.79. The molecular weight excluding hydrogens is 314 g/mol. The van der Waals surface area contributed by atoms with Crippen LogP contribution in [0.4, 0.5) is 0 Å². The van der Waals surface area contributed by atoms with Gasteiger partial charge in [-0.25, -0.2) is 0 Å². The van der Waals surface area contributed by atoms with E-state index < -0.39 is 23.5 Å². The first-order valence-corrected chi connectivity index (χ1v) is 8.11. The van der Waals surface area contributed by atoms with E-state index in [4.69, 9.17) is 20.7 Å². The van der Waals surface area contributed by atoms with Gasteiger partial charge in [-0.2, -0.15) is 0 Å². The molecule has 0 aliphatic heterocycles. The standard InChI is InChI=1S/C16H33N3O5/c1-15(2,3)19(6-8-20)7-9-24-11-16(4,5)18-12(14(22)23)10-13(17)21/h12,18,20H,6-11H2,1-5H3,(H2,17,21)(H,22,23). The van der Waals surface area contributed by atoms with Crippen molar-refractivity contribution in [2.45, 2.75) is 58.2 Å². The average molecular weight is 347 g/mol. The Kier molecular flexibility index (Phi) is 9.42. The molecule has 8 nitrogen and oxygen atoms in total. The molecule has 0 rings (SSSR count). The third kappa shape index (κ3) is 9.82. The van der Waals surface area contributed by atoms with Gasteiger partial charge >= 0.3 is 5.97 Å². The summed E-state index contributed by atoms with van der Waals surface area (Å²) in [6.45, 7) is 11.8. The van der Waals surface area contributed by atoms with Crippen molar-refractivity contribution in [3.8, 4) is 0 Å². The first-order valence-electron chi connectivity index (χ1n) is 8.11. The van der Waals surface area contributed by atoms with Crippen molar-refractivity contribution >= 4 is 11.9 Å². The van der Waals surface area contributed by atoms with Crippen LogP contribution in [0.25, 0.3) is 0 Å². The van der Waals surface area contributed by atoms with E-state index in [-0.39, 0.29) is 25.2 Å². The molecule has 24 heavy (non-hydrogen) atoms. The zero-order chi connectivity index (χ0) is 19.0. The van der Waals surface area contributed by atoms with Gasteiger partial charge in [0, 0.05) is 24.2 Å². The van der Waals surface area contributed by atoms with Gasteiger partial charge in [0.05, 0.1) is 26.2 Å². The number of carbonyl (C=O) groups excluding carboxylic acids is 1. The van der Waals surface area contributed by atoms with Crippen LogP contribution in [0.3, 0.4) is 0 Å². The van der Waals surface area contributed by atoms with E-state index in [0.717, 1.165) is 0 Å². The summed E-state index contributed by atoms with van der Waals surface area (Å²) in [6.07, 6.45) is -0.271. The molecule has 0 heterocycles. The molecule has 0 aromatic rings. The van der Waals surface area contributed by atoms with Crippen LogP contribution in [0.1, 0.15) is 41.0 Å². The van der Waals surface area contributed by atoms with E-state index in [2.05, 4.69) is 31.0 Å². The van der Waals surface area contributed by atoms with Crippen LogP contribution in [0.15, 0.2) is 0 Å². The largest absolute Gasteiger partial charge is 0.480 e. The smallest absolute Gasteiger partial charge is 0.321 e. The lowest BCUT2D eigenvalue weighted by atomic mass is 10.0. The van der Waals surface area contributed by atoms with Crippen LogP contribution in [0, 0.1) is 0 Å². The van der Waals surface area contributed by atoms with E-state index in [1.807, 2.05) is 0 Å². The molecule has 5 N–H and O–H groups in total. The number of hydrogen-bond donors (Lipinski definition) is 4. The summed E-state index contributed by atoms with van der Waals surface area (Å²) in [4.78, 5) is 24.2. The van der Waals surface area contributed by atoms with Crippen LogP contribution in [0.5, 0.6) is 0 Å². The normalized spacial score (nSPS) is 14.0. The molecule has 0 bridgehead atoms.